The lowest BCUT2D eigenvalue weighted by atomic mass is 9.89. The number of carbonyl (C=O) groups is 2. The van der Waals surface area contributed by atoms with Gasteiger partial charge in [0.05, 0.1) is 6.61 Å². The molecule has 1 amide bonds. The number of carbonyl (C=O) groups excluding carboxylic acids is 1. The molecule has 0 radical (unpaired) electrons. The van der Waals surface area contributed by atoms with E-state index in [0.29, 0.717) is 6.61 Å². The van der Waals surface area contributed by atoms with Crippen LogP contribution in [0, 0.1) is 12.8 Å². The van der Waals surface area contributed by atoms with Gasteiger partial charge < -0.3 is 15.2 Å². The minimum atomic E-state index is -5.08. The molecule has 1 aromatic rings. The fourth-order valence-electron chi connectivity index (χ4n) is 4.22. The predicted octanol–water partition coefficient (Wildman–Crippen LogP) is 2.04. The van der Waals surface area contributed by atoms with Gasteiger partial charge in [-0.15, -0.1) is 0 Å². The Bertz CT molecular complexity index is 823. The van der Waals surface area contributed by atoms with Gasteiger partial charge >= 0.3 is 12.1 Å². The molecular weight excluding hydrogens is 427 g/mol. The monoisotopic (exact) mass is 457 g/mol. The second kappa shape index (κ2) is 9.76. The van der Waals surface area contributed by atoms with Gasteiger partial charge in [0.15, 0.2) is 0 Å². The Labute approximate surface area is 185 Å². The Morgan fingerprint density at radius 3 is 2.38 bits per heavy atom. The van der Waals surface area contributed by atoms with Crippen molar-refractivity contribution in [3.63, 3.8) is 0 Å². The number of carboxylic acids is 1. The summed E-state index contributed by atoms with van der Waals surface area (Å²) in [4.78, 5) is 25.9. The third kappa shape index (κ3) is 6.20. The smallest absolute Gasteiger partial charge is 0.475 e. The third-order valence-electron chi connectivity index (χ3n) is 6.14. The van der Waals surface area contributed by atoms with Crippen molar-refractivity contribution in [3.8, 4) is 0 Å². The van der Waals surface area contributed by atoms with Crippen LogP contribution in [0.5, 0.6) is 0 Å². The van der Waals surface area contributed by atoms with E-state index in [0.717, 1.165) is 38.6 Å². The molecule has 10 heteroatoms. The fraction of sp³-hybridized carbons (Fsp3) is 0.636. The second-order valence-corrected chi connectivity index (χ2v) is 8.87. The molecule has 7 nitrogen and oxygen atoms in total. The van der Waals surface area contributed by atoms with E-state index < -0.39 is 12.1 Å². The van der Waals surface area contributed by atoms with Crippen molar-refractivity contribution in [3.05, 3.63) is 35.4 Å². The zero-order valence-electron chi connectivity index (χ0n) is 18.3. The first-order chi connectivity index (χ1) is 15.0. The summed E-state index contributed by atoms with van der Waals surface area (Å²) in [5.74, 6) is -1.88. The van der Waals surface area contributed by atoms with E-state index in [9.17, 15) is 18.0 Å². The standard InChI is InChI=1S/C20H29N3O2.C2HF3O2/c1-15-5-3-4-6-17(15)10-22-12-20(13-22)14-23(9-16-7-8-16)18(11-25-20)19(24)21-2;3-2(4,5)1(6)7/h3-6,16,18H,7-14H2,1-2H3,(H,21,24);(H,6,7). The van der Waals surface area contributed by atoms with E-state index in [2.05, 4.69) is 46.3 Å². The molecule has 178 valence electrons. The molecule has 3 aliphatic rings. The van der Waals surface area contributed by atoms with Crippen molar-refractivity contribution >= 4 is 11.9 Å². The highest BCUT2D eigenvalue weighted by molar-refractivity contribution is 5.81. The Kier molecular flexibility index (Phi) is 7.46. The van der Waals surface area contributed by atoms with Gasteiger partial charge in [-0.05, 0) is 36.8 Å². The van der Waals surface area contributed by atoms with Gasteiger partial charge in [-0.3, -0.25) is 14.6 Å². The number of hydrogen-bond acceptors (Lipinski definition) is 5. The summed E-state index contributed by atoms with van der Waals surface area (Å²) >= 11 is 0. The van der Waals surface area contributed by atoms with Gasteiger partial charge in [0.25, 0.3) is 0 Å². The number of aliphatic carboxylic acids is 1. The SMILES string of the molecule is CNC(=O)C1COC2(CN(Cc3ccccc3C)C2)CN1CC1CC1.O=C(O)C(F)(F)F. The van der Waals surface area contributed by atoms with Crippen molar-refractivity contribution < 1.29 is 32.6 Å². The molecule has 2 aliphatic heterocycles. The van der Waals surface area contributed by atoms with Crippen LogP contribution in [0.4, 0.5) is 13.2 Å². The second-order valence-electron chi connectivity index (χ2n) is 8.87. The molecular formula is C22H30F3N3O4. The van der Waals surface area contributed by atoms with Crippen molar-refractivity contribution in [1.29, 1.82) is 0 Å². The molecule has 32 heavy (non-hydrogen) atoms. The van der Waals surface area contributed by atoms with E-state index in [1.807, 2.05) is 0 Å². The number of nitrogens with zero attached hydrogens (tertiary/aromatic N) is 2. The molecule has 1 saturated carbocycles. The minimum Gasteiger partial charge on any atom is -0.475 e. The topological polar surface area (TPSA) is 82.1 Å². The van der Waals surface area contributed by atoms with Gasteiger partial charge in [-0.1, -0.05) is 24.3 Å². The molecule has 4 rings (SSSR count). The van der Waals surface area contributed by atoms with Gasteiger partial charge in [0, 0.05) is 39.8 Å². The molecule has 0 bridgehead atoms. The van der Waals surface area contributed by atoms with Crippen LogP contribution in [-0.4, -0.2) is 84.4 Å². The van der Waals surface area contributed by atoms with Crippen LogP contribution in [0.1, 0.15) is 24.0 Å². The number of likely N-dealkylation sites (N-methyl/N-ethyl adjacent to an activating group) is 1. The first-order valence-electron chi connectivity index (χ1n) is 10.7. The minimum absolute atomic E-state index is 0.0813. The molecule has 1 spiro atoms. The van der Waals surface area contributed by atoms with Gasteiger partial charge in [-0.25, -0.2) is 4.79 Å². The normalized spacial score (nSPS) is 23.1. The number of benzene rings is 1. The number of carboxylic acid groups (broad SMARTS) is 1. The summed E-state index contributed by atoms with van der Waals surface area (Å²) in [5.41, 5.74) is 2.66. The zero-order valence-corrected chi connectivity index (χ0v) is 18.3. The molecule has 0 aromatic heterocycles. The van der Waals surface area contributed by atoms with Crippen LogP contribution in [0.25, 0.3) is 0 Å². The Balaban J connectivity index is 0.000000360. The van der Waals surface area contributed by atoms with E-state index in [-0.39, 0.29) is 17.6 Å². The number of morpholine rings is 1. The average Bonchev–Trinajstić information content (AvgIpc) is 3.52. The van der Waals surface area contributed by atoms with Crippen LogP contribution in [-0.2, 0) is 20.9 Å². The van der Waals surface area contributed by atoms with Crippen molar-refractivity contribution in [1.82, 2.24) is 15.1 Å². The molecule has 2 heterocycles. The quantitative estimate of drug-likeness (QED) is 0.705. The molecule has 3 fully saturated rings. The first-order valence-corrected chi connectivity index (χ1v) is 10.7. The Morgan fingerprint density at radius 2 is 1.84 bits per heavy atom. The molecule has 1 aliphatic carbocycles. The average molecular weight is 457 g/mol. The summed E-state index contributed by atoms with van der Waals surface area (Å²) in [6.45, 7) is 7.52. The summed E-state index contributed by atoms with van der Waals surface area (Å²) in [5, 5.41) is 9.92. The maximum Gasteiger partial charge on any atom is 0.490 e. The number of amides is 1. The largest absolute Gasteiger partial charge is 0.490 e. The van der Waals surface area contributed by atoms with Gasteiger partial charge in [0.2, 0.25) is 5.91 Å². The lowest BCUT2D eigenvalue weighted by Crippen LogP contribution is -2.72. The predicted molar refractivity (Wildman–Crippen MR) is 111 cm³/mol. The molecule has 1 atom stereocenters. The van der Waals surface area contributed by atoms with Crippen LogP contribution < -0.4 is 5.32 Å². The summed E-state index contributed by atoms with van der Waals surface area (Å²) in [6.07, 6.45) is -2.46. The maximum atomic E-state index is 12.2. The molecule has 2 saturated heterocycles. The van der Waals surface area contributed by atoms with Crippen molar-refractivity contribution in [2.24, 2.45) is 5.92 Å². The lowest BCUT2D eigenvalue weighted by Gasteiger charge is -2.55. The van der Waals surface area contributed by atoms with E-state index in [4.69, 9.17) is 14.6 Å². The van der Waals surface area contributed by atoms with Crippen molar-refractivity contribution in [2.45, 2.75) is 44.1 Å². The van der Waals surface area contributed by atoms with Crippen LogP contribution >= 0.6 is 0 Å². The first kappa shape index (κ1) is 24.5. The summed E-state index contributed by atoms with van der Waals surface area (Å²) < 4.78 is 38.0. The fourth-order valence-corrected chi connectivity index (χ4v) is 4.22. The number of likely N-dealkylation sites (tertiary alicyclic amines) is 1. The number of halogens is 3. The number of rotatable bonds is 5. The van der Waals surface area contributed by atoms with Crippen molar-refractivity contribution in [2.75, 3.05) is 39.8 Å². The van der Waals surface area contributed by atoms with Crippen LogP contribution in [0.2, 0.25) is 0 Å². The maximum absolute atomic E-state index is 12.2. The summed E-state index contributed by atoms with van der Waals surface area (Å²) in [6, 6.07) is 8.47. The number of aryl methyl sites for hydroxylation is 1. The van der Waals surface area contributed by atoms with Crippen LogP contribution in [0.15, 0.2) is 24.3 Å². The Morgan fingerprint density at radius 1 is 1.22 bits per heavy atom. The Hall–Kier alpha value is -2.17. The van der Waals surface area contributed by atoms with E-state index in [1.54, 1.807) is 7.05 Å². The third-order valence-corrected chi connectivity index (χ3v) is 6.14. The van der Waals surface area contributed by atoms with Gasteiger partial charge in [0.1, 0.15) is 11.6 Å². The number of alkyl halides is 3. The molecule has 1 unspecified atom stereocenters. The number of nitrogens with one attached hydrogen (secondary N) is 1. The molecule has 2 N–H and O–H groups in total. The number of ether oxygens (including phenoxy) is 1. The molecule has 1 aromatic carbocycles. The van der Waals surface area contributed by atoms with Crippen LogP contribution in [0.3, 0.4) is 0 Å². The highest BCUT2D eigenvalue weighted by atomic mass is 19.4. The highest BCUT2D eigenvalue weighted by Crippen LogP contribution is 2.36. The van der Waals surface area contributed by atoms with E-state index in [1.165, 1.54) is 24.0 Å². The van der Waals surface area contributed by atoms with E-state index >= 15 is 0 Å². The number of hydrogen-bond donors (Lipinski definition) is 2. The summed E-state index contributed by atoms with van der Waals surface area (Å²) in [7, 11) is 1.72. The van der Waals surface area contributed by atoms with Gasteiger partial charge in [-0.2, -0.15) is 13.2 Å². The highest BCUT2D eigenvalue weighted by Gasteiger charge is 2.51. The lowest BCUT2D eigenvalue weighted by molar-refractivity contribution is -0.203. The zero-order chi connectivity index (χ0) is 23.5.